The number of fused-ring (bicyclic) bond motifs is 1. The molecule has 0 N–H and O–H groups in total. The highest BCUT2D eigenvalue weighted by atomic mass is 19.0. The molecule has 0 amide bonds. The Kier molecular flexibility index (Phi) is 1.87. The Bertz CT molecular complexity index is 202. The Morgan fingerprint density at radius 3 is 2.80 bits per heavy atom. The molecule has 54 valence electrons. The molecule has 0 fully saturated rings. The number of hydrogen-bond donors (Lipinski definition) is 0. The first-order chi connectivity index (χ1) is 4.47. The largest absolute Gasteiger partial charge is 0.337 e. The van der Waals surface area contributed by atoms with Crippen LogP contribution in [0.25, 0.3) is 0 Å². The summed E-state index contributed by atoms with van der Waals surface area (Å²) in [6.07, 6.45) is 0. The zero-order valence-corrected chi connectivity index (χ0v) is 5.24. The van der Waals surface area contributed by atoms with Crippen LogP contribution in [-0.4, -0.2) is 0 Å². The van der Waals surface area contributed by atoms with E-state index in [2.05, 4.69) is 0 Å². The van der Waals surface area contributed by atoms with Crippen molar-refractivity contribution in [1.29, 1.82) is 0 Å². The normalized spacial score (nSPS) is 13.2. The third-order valence-corrected chi connectivity index (χ3v) is 1.34. The molecule has 0 saturated heterocycles. The number of rotatable bonds is 0. The second-order valence-electron chi connectivity index (χ2n) is 1.95. The molecule has 2 rings (SSSR count). The molecule has 1 aliphatic rings. The van der Waals surface area contributed by atoms with Gasteiger partial charge in [-0.1, -0.05) is 18.2 Å². The van der Waals surface area contributed by atoms with Crippen molar-refractivity contribution in [2.75, 3.05) is 0 Å². The minimum atomic E-state index is 0. The second-order valence-corrected chi connectivity index (χ2v) is 1.95. The predicted molar refractivity (Wildman–Crippen MR) is 34.4 cm³/mol. The lowest BCUT2D eigenvalue weighted by Crippen LogP contribution is -1.80. The average Bonchev–Trinajstić information content (AvgIpc) is 2.33. The summed E-state index contributed by atoms with van der Waals surface area (Å²) in [5.74, 6) is 0.845. The number of para-hydroxylation sites is 1. The predicted octanol–water partition coefficient (Wildman–Crippen LogP) is 1.66. The van der Waals surface area contributed by atoms with E-state index in [1.54, 1.807) is 0 Å². The number of hydrogen-bond acceptors (Lipinski definition) is 2. The van der Waals surface area contributed by atoms with E-state index in [0.29, 0.717) is 6.61 Å². The summed E-state index contributed by atoms with van der Waals surface area (Å²) >= 11 is 0. The summed E-state index contributed by atoms with van der Waals surface area (Å²) in [5, 5.41) is 0. The molecule has 1 heterocycles. The molecule has 0 atom stereocenters. The molecule has 0 aromatic heterocycles. The van der Waals surface area contributed by atoms with Gasteiger partial charge in [-0.15, -0.1) is 0 Å². The van der Waals surface area contributed by atoms with Crippen LogP contribution in [0.15, 0.2) is 24.3 Å². The van der Waals surface area contributed by atoms with Gasteiger partial charge in [-0.05, 0) is 6.07 Å². The zero-order chi connectivity index (χ0) is 6.10. The van der Waals surface area contributed by atoms with E-state index >= 15 is 0 Å². The highest BCUT2D eigenvalue weighted by Crippen LogP contribution is 2.24. The van der Waals surface area contributed by atoms with Crippen LogP contribution in [0.1, 0.15) is 5.56 Å². The van der Waals surface area contributed by atoms with E-state index in [4.69, 9.17) is 9.78 Å². The van der Waals surface area contributed by atoms with Crippen LogP contribution in [0.4, 0.5) is 4.70 Å². The van der Waals surface area contributed by atoms with Gasteiger partial charge < -0.3 is 4.89 Å². The summed E-state index contributed by atoms with van der Waals surface area (Å²) < 4.78 is 0. The molecule has 1 aromatic carbocycles. The zero-order valence-electron chi connectivity index (χ0n) is 5.24. The summed E-state index contributed by atoms with van der Waals surface area (Å²) in [5.41, 5.74) is 1.12. The minimum Gasteiger partial charge on any atom is -0.337 e. The molecular weight excluding hydrogens is 135 g/mol. The smallest absolute Gasteiger partial charge is 0.171 e. The molecule has 1 aromatic rings. The van der Waals surface area contributed by atoms with E-state index < -0.39 is 0 Å². The van der Waals surface area contributed by atoms with Gasteiger partial charge in [0.1, 0.15) is 6.61 Å². The summed E-state index contributed by atoms with van der Waals surface area (Å²) in [7, 11) is 0. The molecule has 1 aliphatic heterocycles. The summed E-state index contributed by atoms with van der Waals surface area (Å²) in [6.45, 7) is 0.580. The minimum absolute atomic E-state index is 0. The lowest BCUT2D eigenvalue weighted by atomic mass is 10.2. The van der Waals surface area contributed by atoms with Gasteiger partial charge >= 0.3 is 0 Å². The van der Waals surface area contributed by atoms with E-state index in [-0.39, 0.29) is 4.70 Å². The molecule has 0 spiro atoms. The van der Waals surface area contributed by atoms with Crippen LogP contribution >= 0.6 is 0 Å². The van der Waals surface area contributed by atoms with Gasteiger partial charge in [-0.25, -0.2) is 0 Å². The van der Waals surface area contributed by atoms with Crippen molar-refractivity contribution in [3.8, 4) is 5.75 Å². The van der Waals surface area contributed by atoms with Crippen molar-refractivity contribution in [3.63, 3.8) is 0 Å². The molecule has 10 heavy (non-hydrogen) atoms. The Balaban J connectivity index is 0.000000500. The SMILES string of the molecule is F.c1ccc2c(c1)COO2. The average molecular weight is 142 g/mol. The number of halogens is 1. The molecule has 2 nitrogen and oxygen atoms in total. The molecular formula is C7H7FO2. The molecule has 3 heteroatoms. The van der Waals surface area contributed by atoms with Crippen molar-refractivity contribution in [2.24, 2.45) is 0 Å². The highest BCUT2D eigenvalue weighted by Gasteiger charge is 2.10. The maximum atomic E-state index is 4.80. The van der Waals surface area contributed by atoms with Gasteiger partial charge in [0.25, 0.3) is 0 Å². The van der Waals surface area contributed by atoms with Crippen molar-refractivity contribution in [3.05, 3.63) is 29.8 Å². The maximum Gasteiger partial charge on any atom is 0.171 e. The van der Waals surface area contributed by atoms with E-state index in [1.165, 1.54) is 0 Å². The van der Waals surface area contributed by atoms with E-state index in [9.17, 15) is 0 Å². The van der Waals surface area contributed by atoms with Gasteiger partial charge in [0, 0.05) is 5.56 Å². The van der Waals surface area contributed by atoms with Crippen LogP contribution in [0.3, 0.4) is 0 Å². The molecule has 0 bridgehead atoms. The lowest BCUT2D eigenvalue weighted by molar-refractivity contribution is -0.194. The monoisotopic (exact) mass is 142 g/mol. The Hall–Kier alpha value is -1.09. The maximum absolute atomic E-state index is 4.80. The quantitative estimate of drug-likeness (QED) is 0.513. The fourth-order valence-corrected chi connectivity index (χ4v) is 0.861. The van der Waals surface area contributed by atoms with Gasteiger partial charge in [-0.2, -0.15) is 4.89 Å². The highest BCUT2D eigenvalue weighted by molar-refractivity contribution is 5.33. The van der Waals surface area contributed by atoms with Crippen molar-refractivity contribution < 1.29 is 14.5 Å². The number of benzene rings is 1. The van der Waals surface area contributed by atoms with Gasteiger partial charge in [0.15, 0.2) is 5.75 Å². The van der Waals surface area contributed by atoms with Gasteiger partial charge in [-0.3, -0.25) is 4.70 Å². The van der Waals surface area contributed by atoms with Crippen LogP contribution in [0, 0.1) is 0 Å². The topological polar surface area (TPSA) is 18.5 Å². The lowest BCUT2D eigenvalue weighted by Gasteiger charge is -1.89. The Morgan fingerprint density at radius 2 is 2.00 bits per heavy atom. The first-order valence-corrected chi connectivity index (χ1v) is 2.84. The fraction of sp³-hybridized carbons (Fsp3) is 0.143. The van der Waals surface area contributed by atoms with E-state index in [1.807, 2.05) is 24.3 Å². The Morgan fingerprint density at radius 1 is 1.20 bits per heavy atom. The second kappa shape index (κ2) is 2.66. The van der Waals surface area contributed by atoms with E-state index in [0.717, 1.165) is 11.3 Å². The third kappa shape index (κ3) is 0.953. The van der Waals surface area contributed by atoms with Crippen LogP contribution in [-0.2, 0) is 11.5 Å². The van der Waals surface area contributed by atoms with Gasteiger partial charge in [0.05, 0.1) is 0 Å². The molecule has 0 saturated carbocycles. The summed E-state index contributed by atoms with van der Waals surface area (Å²) in [4.78, 5) is 9.51. The third-order valence-electron chi connectivity index (χ3n) is 1.34. The van der Waals surface area contributed by atoms with Crippen molar-refractivity contribution in [1.82, 2.24) is 0 Å². The van der Waals surface area contributed by atoms with Crippen LogP contribution in [0.2, 0.25) is 0 Å². The first kappa shape index (κ1) is 7.02. The Labute approximate surface area is 57.7 Å². The standard InChI is InChI=1S/C7H6O2.FH/c1-2-4-7-6(3-1)5-8-9-7;/h1-4H,5H2;1H. The van der Waals surface area contributed by atoms with Crippen LogP contribution < -0.4 is 4.89 Å². The molecule has 0 unspecified atom stereocenters. The van der Waals surface area contributed by atoms with Crippen molar-refractivity contribution in [2.45, 2.75) is 6.61 Å². The summed E-state index contributed by atoms with van der Waals surface area (Å²) in [6, 6.07) is 7.77. The van der Waals surface area contributed by atoms with Gasteiger partial charge in [0.2, 0.25) is 0 Å². The molecule has 0 aliphatic carbocycles. The fourth-order valence-electron chi connectivity index (χ4n) is 0.861. The van der Waals surface area contributed by atoms with Crippen LogP contribution in [0.5, 0.6) is 5.75 Å². The molecule has 0 radical (unpaired) electrons. The van der Waals surface area contributed by atoms with Crippen molar-refractivity contribution >= 4 is 0 Å². The first-order valence-electron chi connectivity index (χ1n) is 2.84.